The molecule has 3 unspecified atom stereocenters. The Morgan fingerprint density at radius 3 is 2.67 bits per heavy atom. The van der Waals surface area contributed by atoms with Crippen LogP contribution in [-0.4, -0.2) is 35.8 Å². The number of nitrogens with one attached hydrogen (secondary N) is 1. The lowest BCUT2D eigenvalue weighted by Crippen LogP contribution is -2.47. The summed E-state index contributed by atoms with van der Waals surface area (Å²) >= 11 is 0. The fraction of sp³-hybridized carbons (Fsp3) is 0.909. The lowest BCUT2D eigenvalue weighted by Gasteiger charge is -2.36. The van der Waals surface area contributed by atoms with Crippen LogP contribution in [-0.2, 0) is 10.0 Å². The maximum atomic E-state index is 12.2. The minimum Gasteiger partial charge on any atom is -0.287 e. The van der Waals surface area contributed by atoms with E-state index in [1.165, 1.54) is 5.48 Å². The van der Waals surface area contributed by atoms with E-state index < -0.39 is 16.1 Å². The van der Waals surface area contributed by atoms with Gasteiger partial charge in [0.2, 0.25) is 10.0 Å². The van der Waals surface area contributed by atoms with Gasteiger partial charge in [-0.15, -0.1) is 0 Å². The van der Waals surface area contributed by atoms with Crippen molar-refractivity contribution in [3.8, 4) is 0 Å². The Hall–Kier alpha value is -0.820. The Morgan fingerprint density at radius 1 is 1.44 bits per heavy atom. The van der Waals surface area contributed by atoms with Gasteiger partial charge in [-0.3, -0.25) is 5.21 Å². The van der Waals surface area contributed by atoms with E-state index in [-0.39, 0.29) is 22.6 Å². The molecule has 2 amide bonds. The Bertz CT molecular complexity index is 515. The third-order valence-corrected chi connectivity index (χ3v) is 7.61. The van der Waals surface area contributed by atoms with Gasteiger partial charge in [0.15, 0.2) is 0 Å². The zero-order valence-electron chi connectivity index (χ0n) is 10.5. The zero-order chi connectivity index (χ0) is 13.3. The van der Waals surface area contributed by atoms with E-state index in [0.717, 1.165) is 23.6 Å². The van der Waals surface area contributed by atoms with Crippen LogP contribution in [0.2, 0.25) is 0 Å². The van der Waals surface area contributed by atoms with Crippen LogP contribution in [0, 0.1) is 16.7 Å². The van der Waals surface area contributed by atoms with Crippen molar-refractivity contribution < 1.29 is 18.4 Å². The first-order valence-corrected chi connectivity index (χ1v) is 7.83. The first-order valence-electron chi connectivity index (χ1n) is 6.22. The molecule has 0 radical (unpaired) electrons. The average Bonchev–Trinajstić information content (AvgIpc) is 2.74. The lowest BCUT2D eigenvalue weighted by molar-refractivity contribution is 0.101. The Labute approximate surface area is 106 Å². The number of sulfonamides is 1. The third-order valence-electron chi connectivity index (χ3n) is 5.71. The molecule has 3 fully saturated rings. The molecule has 18 heavy (non-hydrogen) atoms. The minimum absolute atomic E-state index is 0.0294. The van der Waals surface area contributed by atoms with E-state index in [1.54, 1.807) is 0 Å². The van der Waals surface area contributed by atoms with Crippen molar-refractivity contribution in [1.29, 1.82) is 0 Å². The molecule has 1 spiro atoms. The molecule has 2 N–H and O–H groups in total. The van der Waals surface area contributed by atoms with Crippen molar-refractivity contribution in [3.63, 3.8) is 0 Å². The largest absolute Gasteiger partial charge is 0.355 e. The van der Waals surface area contributed by atoms with Gasteiger partial charge in [0.25, 0.3) is 0 Å². The number of fused-ring (bicyclic) bond motifs is 1. The zero-order valence-corrected chi connectivity index (χ0v) is 11.3. The van der Waals surface area contributed by atoms with E-state index in [1.807, 2.05) is 0 Å². The molecule has 3 aliphatic rings. The van der Waals surface area contributed by atoms with Gasteiger partial charge in [-0.1, -0.05) is 13.8 Å². The summed E-state index contributed by atoms with van der Waals surface area (Å²) in [6, 6.07) is -1.20. The minimum atomic E-state index is -3.61. The van der Waals surface area contributed by atoms with Crippen LogP contribution in [0.1, 0.15) is 33.1 Å². The van der Waals surface area contributed by atoms with Crippen LogP contribution in [0.4, 0.5) is 4.79 Å². The third kappa shape index (κ3) is 1.12. The normalized spacial score (nSPS) is 42.9. The summed E-state index contributed by atoms with van der Waals surface area (Å²) in [4.78, 5) is 11.6. The van der Waals surface area contributed by atoms with Crippen LogP contribution < -0.4 is 5.48 Å². The summed E-state index contributed by atoms with van der Waals surface area (Å²) in [5.74, 6) is 0.494. The van der Waals surface area contributed by atoms with Gasteiger partial charge in [-0.25, -0.2) is 23.0 Å². The Morgan fingerprint density at radius 2 is 2.11 bits per heavy atom. The molecule has 102 valence electrons. The van der Waals surface area contributed by atoms with Crippen molar-refractivity contribution in [3.05, 3.63) is 0 Å². The number of nitrogens with zero attached hydrogens (tertiary/aromatic N) is 1. The lowest BCUT2D eigenvalue weighted by atomic mass is 9.69. The fourth-order valence-corrected chi connectivity index (χ4v) is 7.07. The number of amides is 2. The second kappa shape index (κ2) is 3.19. The average molecular weight is 274 g/mol. The van der Waals surface area contributed by atoms with Crippen LogP contribution in [0.3, 0.4) is 0 Å². The topological polar surface area (TPSA) is 86.7 Å². The number of carbonyl (C=O) groups is 1. The Kier molecular flexibility index (Phi) is 2.17. The highest BCUT2D eigenvalue weighted by molar-refractivity contribution is 7.90. The molecular weight excluding hydrogens is 256 g/mol. The Balaban J connectivity index is 2.11. The van der Waals surface area contributed by atoms with Gasteiger partial charge in [0.05, 0.1) is 11.8 Å². The highest BCUT2D eigenvalue weighted by atomic mass is 32.2. The molecule has 3 rings (SSSR count). The van der Waals surface area contributed by atoms with Crippen molar-refractivity contribution in [2.24, 2.45) is 16.7 Å². The van der Waals surface area contributed by atoms with Gasteiger partial charge >= 0.3 is 6.03 Å². The molecular formula is C11H18N2O4S. The number of urea groups is 1. The summed E-state index contributed by atoms with van der Waals surface area (Å²) in [7, 11) is -3.61. The van der Waals surface area contributed by atoms with Crippen LogP contribution in [0.25, 0.3) is 0 Å². The maximum absolute atomic E-state index is 12.2. The van der Waals surface area contributed by atoms with Crippen LogP contribution in [0.15, 0.2) is 0 Å². The molecule has 3 atom stereocenters. The predicted octanol–water partition coefficient (Wildman–Crippen LogP) is 0.926. The molecule has 6 nitrogen and oxygen atoms in total. The number of hydrogen-bond acceptors (Lipinski definition) is 4. The standard InChI is InChI=1S/C11H18N2O4S/c1-10(2)7-3-4-11(10)6-18(16,17)13(8(11)5-7)9(14)12-15/h7-8,15H,3-6H2,1-2H3,(H,12,14). The van der Waals surface area contributed by atoms with Gasteiger partial charge in [0, 0.05) is 5.41 Å². The molecule has 0 aromatic heterocycles. The van der Waals surface area contributed by atoms with Crippen molar-refractivity contribution in [2.45, 2.75) is 39.2 Å². The molecule has 1 saturated heterocycles. The summed E-state index contributed by atoms with van der Waals surface area (Å²) in [6.07, 6.45) is 2.61. The van der Waals surface area contributed by atoms with Gasteiger partial charge < -0.3 is 0 Å². The second-order valence-corrected chi connectivity index (χ2v) is 8.18. The van der Waals surface area contributed by atoms with Gasteiger partial charge in [-0.05, 0) is 30.6 Å². The number of rotatable bonds is 0. The highest BCUT2D eigenvalue weighted by Crippen LogP contribution is 2.69. The number of carbonyl (C=O) groups excluding carboxylic acids is 1. The van der Waals surface area contributed by atoms with E-state index >= 15 is 0 Å². The van der Waals surface area contributed by atoms with E-state index in [2.05, 4.69) is 13.8 Å². The van der Waals surface area contributed by atoms with E-state index in [0.29, 0.717) is 5.92 Å². The second-order valence-electron chi connectivity index (χ2n) is 6.33. The summed E-state index contributed by atoms with van der Waals surface area (Å²) in [5, 5.41) is 8.74. The van der Waals surface area contributed by atoms with Gasteiger partial charge in [-0.2, -0.15) is 0 Å². The quantitative estimate of drug-likeness (QED) is 0.508. The van der Waals surface area contributed by atoms with Crippen LogP contribution in [0.5, 0.6) is 0 Å². The van der Waals surface area contributed by atoms with Crippen molar-refractivity contribution in [2.75, 3.05) is 5.75 Å². The van der Waals surface area contributed by atoms with E-state index in [9.17, 15) is 13.2 Å². The molecule has 0 aromatic rings. The molecule has 1 heterocycles. The summed E-state index contributed by atoms with van der Waals surface area (Å²) in [5.41, 5.74) is 1.08. The SMILES string of the molecule is CC1(C)C2CCC13CS(=O)(=O)N(C(=O)NO)C3C2. The molecule has 2 saturated carbocycles. The first-order chi connectivity index (χ1) is 8.26. The van der Waals surface area contributed by atoms with E-state index in [4.69, 9.17) is 5.21 Å². The van der Waals surface area contributed by atoms with Crippen molar-refractivity contribution in [1.82, 2.24) is 9.79 Å². The van der Waals surface area contributed by atoms with Crippen LogP contribution >= 0.6 is 0 Å². The number of hydrogen-bond donors (Lipinski definition) is 2. The predicted molar refractivity (Wildman–Crippen MR) is 63.3 cm³/mol. The summed E-state index contributed by atoms with van der Waals surface area (Å²) < 4.78 is 25.3. The summed E-state index contributed by atoms with van der Waals surface area (Å²) in [6.45, 7) is 4.22. The molecule has 1 aliphatic heterocycles. The van der Waals surface area contributed by atoms with Gasteiger partial charge in [0.1, 0.15) is 0 Å². The van der Waals surface area contributed by atoms with Crippen molar-refractivity contribution >= 4 is 16.1 Å². The highest BCUT2D eigenvalue weighted by Gasteiger charge is 2.72. The molecule has 2 aliphatic carbocycles. The first kappa shape index (κ1) is 12.2. The molecule has 7 heteroatoms. The molecule has 0 aromatic carbocycles. The maximum Gasteiger partial charge on any atom is 0.355 e. The molecule has 2 bridgehead atoms. The smallest absolute Gasteiger partial charge is 0.287 e. The number of hydroxylamine groups is 1. The monoisotopic (exact) mass is 274 g/mol. The fourth-order valence-electron chi connectivity index (χ4n) is 4.61.